The van der Waals surface area contributed by atoms with Gasteiger partial charge in [0, 0.05) is 18.5 Å². The maximum atomic E-state index is 13.5. The van der Waals surface area contributed by atoms with Crippen LogP contribution in [0.2, 0.25) is 0 Å². The van der Waals surface area contributed by atoms with Crippen LogP contribution in [0.4, 0.5) is 22.0 Å². The van der Waals surface area contributed by atoms with Crippen molar-refractivity contribution in [3.05, 3.63) is 40.7 Å². The molecule has 1 aromatic carbocycles. The first-order chi connectivity index (χ1) is 8.47. The second-order valence-electron chi connectivity index (χ2n) is 3.42. The summed E-state index contributed by atoms with van der Waals surface area (Å²) in [7, 11) is 0.868. The van der Waals surface area contributed by atoms with Crippen molar-refractivity contribution in [2.24, 2.45) is 5.73 Å². The van der Waals surface area contributed by atoms with E-state index >= 15 is 0 Å². The van der Waals surface area contributed by atoms with Gasteiger partial charge in [0.15, 0.2) is 17.4 Å². The van der Waals surface area contributed by atoms with Gasteiger partial charge in [-0.3, -0.25) is 0 Å². The molecule has 0 unspecified atom stereocenters. The summed E-state index contributed by atoms with van der Waals surface area (Å²) in [6.07, 6.45) is -0.624. The lowest BCUT2D eigenvalue weighted by atomic mass is 10.0. The van der Waals surface area contributed by atoms with Crippen LogP contribution in [0.25, 0.3) is 0 Å². The van der Waals surface area contributed by atoms with Crippen LogP contribution in [0.15, 0.2) is 11.9 Å². The summed E-state index contributed by atoms with van der Waals surface area (Å²) >= 11 is 0. The van der Waals surface area contributed by atoms with Crippen molar-refractivity contribution in [3.63, 3.8) is 0 Å². The zero-order valence-electron chi connectivity index (χ0n) is 9.37. The zero-order chi connectivity index (χ0) is 13.9. The molecule has 0 spiro atoms. The fourth-order valence-corrected chi connectivity index (χ4v) is 1.37. The maximum absolute atomic E-state index is 13.5. The van der Waals surface area contributed by atoms with Gasteiger partial charge in [0.25, 0.3) is 0 Å². The fraction of sp³-hybridized carbons (Fsp3) is 0.273. The van der Waals surface area contributed by atoms with Gasteiger partial charge in [-0.1, -0.05) is 0 Å². The minimum absolute atomic E-state index is 0.0406. The van der Waals surface area contributed by atoms with E-state index in [4.69, 9.17) is 5.73 Å². The molecule has 1 rings (SSSR count). The molecule has 18 heavy (non-hydrogen) atoms. The molecule has 0 heterocycles. The number of nitrogens with two attached hydrogens (primary N) is 1. The molecule has 7 heteroatoms. The van der Waals surface area contributed by atoms with E-state index < -0.39 is 41.0 Å². The molecule has 1 aromatic rings. The third-order valence-electron chi connectivity index (χ3n) is 2.34. The van der Waals surface area contributed by atoms with Crippen LogP contribution in [-0.4, -0.2) is 13.7 Å². The molecule has 0 radical (unpaired) electrons. The second-order valence-corrected chi connectivity index (χ2v) is 3.42. The lowest BCUT2D eigenvalue weighted by molar-refractivity contribution is 0.329. The molecular formula is C11H10F5NO. The first-order valence-electron chi connectivity index (χ1n) is 4.84. The summed E-state index contributed by atoms with van der Waals surface area (Å²) < 4.78 is 70.0. The van der Waals surface area contributed by atoms with Crippen molar-refractivity contribution in [1.29, 1.82) is 0 Å². The Balaban J connectivity index is 3.38. The molecule has 0 fully saturated rings. The SMILES string of the molecule is COc1c(F)c(F)c(C/C(=C\F)CN)c(F)c1F. The lowest BCUT2D eigenvalue weighted by Crippen LogP contribution is -2.11. The Bertz CT molecular complexity index is 458. The predicted molar refractivity (Wildman–Crippen MR) is 54.8 cm³/mol. The summed E-state index contributed by atoms with van der Waals surface area (Å²) in [6.45, 7) is -0.329. The maximum Gasteiger partial charge on any atom is 0.204 e. The van der Waals surface area contributed by atoms with Gasteiger partial charge in [-0.2, -0.15) is 8.78 Å². The Morgan fingerprint density at radius 2 is 1.61 bits per heavy atom. The average Bonchev–Trinajstić information content (AvgIpc) is 2.38. The van der Waals surface area contributed by atoms with Crippen LogP contribution in [0.3, 0.4) is 0 Å². The van der Waals surface area contributed by atoms with Crippen LogP contribution < -0.4 is 10.5 Å². The van der Waals surface area contributed by atoms with E-state index in [9.17, 15) is 22.0 Å². The molecule has 0 aliphatic carbocycles. The van der Waals surface area contributed by atoms with Crippen molar-refractivity contribution < 1.29 is 26.7 Å². The number of ether oxygens (including phenoxy) is 1. The normalized spacial score (nSPS) is 11.8. The van der Waals surface area contributed by atoms with Crippen molar-refractivity contribution in [3.8, 4) is 5.75 Å². The van der Waals surface area contributed by atoms with Gasteiger partial charge >= 0.3 is 0 Å². The third-order valence-corrected chi connectivity index (χ3v) is 2.34. The Kier molecular flexibility index (Phi) is 4.66. The van der Waals surface area contributed by atoms with Crippen LogP contribution in [0, 0.1) is 23.3 Å². The highest BCUT2D eigenvalue weighted by Crippen LogP contribution is 2.30. The number of benzene rings is 1. The molecule has 0 bridgehead atoms. The first kappa shape index (κ1) is 14.4. The average molecular weight is 267 g/mol. The Morgan fingerprint density at radius 1 is 1.11 bits per heavy atom. The van der Waals surface area contributed by atoms with Gasteiger partial charge in [0.05, 0.1) is 13.4 Å². The summed E-state index contributed by atoms with van der Waals surface area (Å²) in [5.41, 5.74) is 3.97. The van der Waals surface area contributed by atoms with E-state index in [1.165, 1.54) is 0 Å². The minimum atomic E-state index is -1.67. The van der Waals surface area contributed by atoms with Gasteiger partial charge in [-0.15, -0.1) is 0 Å². The van der Waals surface area contributed by atoms with Crippen molar-refractivity contribution in [2.75, 3.05) is 13.7 Å². The van der Waals surface area contributed by atoms with Crippen molar-refractivity contribution in [2.45, 2.75) is 6.42 Å². The topological polar surface area (TPSA) is 35.2 Å². The molecular weight excluding hydrogens is 257 g/mol. The number of rotatable bonds is 4. The van der Waals surface area contributed by atoms with Crippen LogP contribution in [-0.2, 0) is 6.42 Å². The number of halogens is 5. The van der Waals surface area contributed by atoms with Crippen LogP contribution >= 0.6 is 0 Å². The van der Waals surface area contributed by atoms with E-state index in [-0.39, 0.29) is 18.4 Å². The first-order valence-corrected chi connectivity index (χ1v) is 4.84. The molecule has 0 aliphatic rings. The summed E-state index contributed by atoms with van der Waals surface area (Å²) in [6, 6.07) is 0. The van der Waals surface area contributed by atoms with Crippen LogP contribution in [0.1, 0.15) is 5.56 Å². The lowest BCUT2D eigenvalue weighted by Gasteiger charge is -2.11. The molecule has 100 valence electrons. The molecule has 0 aliphatic heterocycles. The smallest absolute Gasteiger partial charge is 0.204 e. The standard InChI is InChI=1S/C11H10F5NO/c1-18-11-9(15)7(13)6(8(14)10(11)16)2-5(3-12)4-17/h3H,2,4,17H2,1H3/b5-3+. The van der Waals surface area contributed by atoms with E-state index in [2.05, 4.69) is 4.74 Å². The van der Waals surface area contributed by atoms with E-state index in [0.29, 0.717) is 0 Å². The largest absolute Gasteiger partial charge is 0.491 e. The third kappa shape index (κ3) is 2.45. The summed E-state index contributed by atoms with van der Waals surface area (Å²) in [5.74, 6) is -7.74. The number of hydrogen-bond acceptors (Lipinski definition) is 2. The number of methoxy groups -OCH3 is 1. The molecule has 0 aromatic heterocycles. The Hall–Kier alpha value is -1.63. The van der Waals surface area contributed by atoms with E-state index in [0.717, 1.165) is 7.11 Å². The minimum Gasteiger partial charge on any atom is -0.491 e. The van der Waals surface area contributed by atoms with Gasteiger partial charge < -0.3 is 10.5 Å². The molecule has 2 N–H and O–H groups in total. The molecule has 0 amide bonds. The molecule has 2 nitrogen and oxygen atoms in total. The highest BCUT2D eigenvalue weighted by Gasteiger charge is 2.26. The zero-order valence-corrected chi connectivity index (χ0v) is 9.37. The summed E-state index contributed by atoms with van der Waals surface area (Å²) in [4.78, 5) is 0. The fourth-order valence-electron chi connectivity index (χ4n) is 1.37. The quantitative estimate of drug-likeness (QED) is 0.672. The highest BCUT2D eigenvalue weighted by atomic mass is 19.2. The van der Waals surface area contributed by atoms with Gasteiger partial charge in [-0.25, -0.2) is 13.2 Å². The molecule has 0 atom stereocenters. The van der Waals surface area contributed by atoms with Crippen LogP contribution in [0.5, 0.6) is 5.75 Å². The predicted octanol–water partition coefficient (Wildman–Crippen LogP) is 2.61. The Morgan fingerprint density at radius 3 is 1.94 bits per heavy atom. The van der Waals surface area contributed by atoms with E-state index in [1.807, 2.05) is 0 Å². The van der Waals surface area contributed by atoms with Gasteiger partial charge in [0.2, 0.25) is 11.6 Å². The van der Waals surface area contributed by atoms with E-state index in [1.54, 1.807) is 0 Å². The summed E-state index contributed by atoms with van der Waals surface area (Å²) in [5, 5.41) is 0. The molecule has 0 saturated heterocycles. The number of hydrogen-bond donors (Lipinski definition) is 1. The Labute approximate surface area is 99.8 Å². The van der Waals surface area contributed by atoms with Gasteiger partial charge in [-0.05, 0) is 5.57 Å². The van der Waals surface area contributed by atoms with Gasteiger partial charge in [0.1, 0.15) is 0 Å². The van der Waals surface area contributed by atoms with Crippen molar-refractivity contribution >= 4 is 0 Å². The second kappa shape index (κ2) is 5.81. The monoisotopic (exact) mass is 267 g/mol. The molecule has 0 saturated carbocycles. The highest BCUT2D eigenvalue weighted by molar-refractivity contribution is 5.36. The van der Waals surface area contributed by atoms with Crippen molar-refractivity contribution in [1.82, 2.24) is 0 Å².